The molecular weight excluding hydrogens is 286 g/mol. The number of nitro groups is 1. The number of carbonyl (C=O) groups excluding carboxylic acids is 1. The Morgan fingerprint density at radius 1 is 1.41 bits per heavy atom. The van der Waals surface area contributed by atoms with Crippen molar-refractivity contribution in [1.82, 2.24) is 0 Å². The van der Waals surface area contributed by atoms with Crippen molar-refractivity contribution >= 4 is 23.0 Å². The maximum Gasteiger partial charge on any atom is 0.294 e. The average molecular weight is 309 g/mol. The predicted molar refractivity (Wildman–Crippen MR) is 86.4 cm³/mol. The predicted octanol–water partition coefficient (Wildman–Crippen LogP) is 2.81. The number of hydrogen-bond acceptors (Lipinski definition) is 5. The minimum atomic E-state index is -0.446. The molecule has 7 nitrogen and oxygen atoms in total. The van der Waals surface area contributed by atoms with Gasteiger partial charge >= 0.3 is 0 Å². The normalized spacial score (nSPS) is 10.3. The summed E-state index contributed by atoms with van der Waals surface area (Å²) in [6.07, 6.45) is 1.11. The van der Waals surface area contributed by atoms with E-state index in [9.17, 15) is 14.9 Å². The number of nitrogens with zero attached hydrogens (tertiary/aromatic N) is 2. The quantitative estimate of drug-likeness (QED) is 0.431. The Balaban J connectivity index is 2.82. The van der Waals surface area contributed by atoms with Crippen LogP contribution in [0.4, 0.5) is 17.1 Å². The average Bonchev–Trinajstić information content (AvgIpc) is 2.53. The van der Waals surface area contributed by atoms with Crippen LogP contribution in [0.15, 0.2) is 18.2 Å². The number of anilines is 2. The van der Waals surface area contributed by atoms with Gasteiger partial charge in [-0.2, -0.15) is 0 Å². The molecule has 1 aromatic carbocycles. The highest BCUT2D eigenvalue weighted by Crippen LogP contribution is 2.29. The molecule has 0 fully saturated rings. The zero-order chi connectivity index (χ0) is 16.5. The van der Waals surface area contributed by atoms with Gasteiger partial charge in [0.05, 0.1) is 10.6 Å². The molecule has 0 aliphatic carbocycles. The van der Waals surface area contributed by atoms with E-state index in [4.69, 9.17) is 4.74 Å². The second-order valence-corrected chi connectivity index (χ2v) is 4.74. The second-order valence-electron chi connectivity index (χ2n) is 4.74. The zero-order valence-corrected chi connectivity index (χ0v) is 13.3. The summed E-state index contributed by atoms with van der Waals surface area (Å²) >= 11 is 0. The van der Waals surface area contributed by atoms with Crippen LogP contribution in [-0.4, -0.2) is 37.6 Å². The van der Waals surface area contributed by atoms with Gasteiger partial charge in [-0.1, -0.05) is 6.92 Å². The Labute approximate surface area is 130 Å². The van der Waals surface area contributed by atoms with E-state index >= 15 is 0 Å². The lowest BCUT2D eigenvalue weighted by Gasteiger charge is -2.17. The molecule has 0 heterocycles. The maximum atomic E-state index is 11.7. The summed E-state index contributed by atoms with van der Waals surface area (Å²) in [5.41, 5.74) is 0.922. The van der Waals surface area contributed by atoms with Gasteiger partial charge in [-0.3, -0.25) is 14.9 Å². The zero-order valence-electron chi connectivity index (χ0n) is 13.3. The third kappa shape index (κ3) is 5.00. The van der Waals surface area contributed by atoms with Gasteiger partial charge in [0.15, 0.2) is 0 Å². The lowest BCUT2D eigenvalue weighted by molar-refractivity contribution is -0.383. The van der Waals surface area contributed by atoms with Crippen molar-refractivity contribution in [2.75, 3.05) is 37.0 Å². The topological polar surface area (TPSA) is 84.7 Å². The van der Waals surface area contributed by atoms with E-state index in [0.29, 0.717) is 37.6 Å². The summed E-state index contributed by atoms with van der Waals surface area (Å²) < 4.78 is 5.22. The van der Waals surface area contributed by atoms with Crippen LogP contribution in [0.2, 0.25) is 0 Å². The Hall–Kier alpha value is -2.15. The van der Waals surface area contributed by atoms with E-state index < -0.39 is 4.92 Å². The molecule has 1 aromatic rings. The van der Waals surface area contributed by atoms with Crippen molar-refractivity contribution in [3.8, 4) is 0 Å². The number of rotatable bonds is 9. The van der Waals surface area contributed by atoms with Crippen LogP contribution in [0, 0.1) is 10.1 Å². The van der Waals surface area contributed by atoms with Gasteiger partial charge in [0.1, 0.15) is 5.69 Å². The van der Waals surface area contributed by atoms with Gasteiger partial charge in [0.25, 0.3) is 5.69 Å². The lowest BCUT2D eigenvalue weighted by atomic mass is 10.2. The summed E-state index contributed by atoms with van der Waals surface area (Å²) in [6.45, 7) is 5.53. The van der Waals surface area contributed by atoms with Gasteiger partial charge in [-0.25, -0.2) is 0 Å². The van der Waals surface area contributed by atoms with Crippen LogP contribution in [0.25, 0.3) is 0 Å². The SMILES string of the molecule is CCOCCCNc1ccc(N(C)C(=O)CC)cc1[N+](=O)[O-]. The summed E-state index contributed by atoms with van der Waals surface area (Å²) in [4.78, 5) is 23.9. The molecule has 22 heavy (non-hydrogen) atoms. The first-order valence-electron chi connectivity index (χ1n) is 7.37. The number of carbonyl (C=O) groups is 1. The van der Waals surface area contributed by atoms with Gasteiger partial charge < -0.3 is 15.0 Å². The molecule has 0 aliphatic rings. The molecule has 0 saturated carbocycles. The van der Waals surface area contributed by atoms with Crippen molar-refractivity contribution in [1.29, 1.82) is 0 Å². The highest BCUT2D eigenvalue weighted by atomic mass is 16.6. The first-order chi connectivity index (χ1) is 10.5. The van der Waals surface area contributed by atoms with Crippen molar-refractivity contribution in [3.63, 3.8) is 0 Å². The van der Waals surface area contributed by atoms with Gasteiger partial charge in [0, 0.05) is 39.3 Å². The standard InChI is InChI=1S/C15H23N3O4/c1-4-15(19)17(3)12-7-8-13(14(11-12)18(20)21)16-9-6-10-22-5-2/h7-8,11,16H,4-6,9-10H2,1-3H3. The summed E-state index contributed by atoms with van der Waals surface area (Å²) in [5.74, 6) is -0.0910. The van der Waals surface area contributed by atoms with Crippen LogP contribution in [-0.2, 0) is 9.53 Å². The Morgan fingerprint density at radius 2 is 2.14 bits per heavy atom. The van der Waals surface area contributed by atoms with Crippen LogP contribution >= 0.6 is 0 Å². The van der Waals surface area contributed by atoms with Crippen LogP contribution < -0.4 is 10.2 Å². The van der Waals surface area contributed by atoms with Crippen LogP contribution in [0.3, 0.4) is 0 Å². The molecule has 0 aromatic heterocycles. The largest absolute Gasteiger partial charge is 0.382 e. The van der Waals surface area contributed by atoms with E-state index in [-0.39, 0.29) is 11.6 Å². The molecule has 0 saturated heterocycles. The van der Waals surface area contributed by atoms with Gasteiger partial charge in [-0.05, 0) is 25.5 Å². The molecule has 0 atom stereocenters. The van der Waals surface area contributed by atoms with E-state index in [2.05, 4.69) is 5.32 Å². The van der Waals surface area contributed by atoms with Crippen molar-refractivity contribution in [3.05, 3.63) is 28.3 Å². The van der Waals surface area contributed by atoms with E-state index in [1.807, 2.05) is 6.92 Å². The molecule has 1 amide bonds. The smallest absolute Gasteiger partial charge is 0.294 e. The Kier molecular flexibility index (Phi) is 7.31. The number of amides is 1. The summed E-state index contributed by atoms with van der Waals surface area (Å²) in [5, 5.41) is 14.2. The van der Waals surface area contributed by atoms with Gasteiger partial charge in [-0.15, -0.1) is 0 Å². The molecule has 0 aliphatic heterocycles. The number of benzene rings is 1. The van der Waals surface area contributed by atoms with Crippen molar-refractivity contribution in [2.24, 2.45) is 0 Å². The van der Waals surface area contributed by atoms with Crippen molar-refractivity contribution in [2.45, 2.75) is 26.7 Å². The molecule has 1 N–H and O–H groups in total. The summed E-state index contributed by atoms with van der Waals surface area (Å²) in [7, 11) is 1.61. The third-order valence-corrected chi connectivity index (χ3v) is 3.23. The lowest BCUT2D eigenvalue weighted by Crippen LogP contribution is -2.25. The Bertz CT molecular complexity index is 520. The van der Waals surface area contributed by atoms with Gasteiger partial charge in [0.2, 0.25) is 5.91 Å². The Morgan fingerprint density at radius 3 is 2.73 bits per heavy atom. The molecular formula is C15H23N3O4. The van der Waals surface area contributed by atoms with Crippen LogP contribution in [0.5, 0.6) is 0 Å². The molecule has 122 valence electrons. The minimum absolute atomic E-state index is 0.0373. The number of ether oxygens (including phenoxy) is 1. The number of nitro benzene ring substituents is 1. The van der Waals surface area contributed by atoms with Crippen LogP contribution in [0.1, 0.15) is 26.7 Å². The molecule has 0 bridgehead atoms. The third-order valence-electron chi connectivity index (χ3n) is 3.23. The highest BCUT2D eigenvalue weighted by molar-refractivity contribution is 5.93. The minimum Gasteiger partial charge on any atom is -0.382 e. The van der Waals surface area contributed by atoms with E-state index in [1.54, 1.807) is 26.1 Å². The molecule has 7 heteroatoms. The van der Waals surface area contributed by atoms with E-state index in [1.165, 1.54) is 11.0 Å². The molecule has 1 rings (SSSR count). The second kappa shape index (κ2) is 8.99. The molecule has 0 radical (unpaired) electrons. The first kappa shape index (κ1) is 17.9. The maximum absolute atomic E-state index is 11.7. The number of hydrogen-bond donors (Lipinski definition) is 1. The summed E-state index contributed by atoms with van der Waals surface area (Å²) in [6, 6.07) is 4.75. The fourth-order valence-electron chi connectivity index (χ4n) is 1.95. The molecule has 0 unspecified atom stereocenters. The number of nitrogens with one attached hydrogen (secondary N) is 1. The highest BCUT2D eigenvalue weighted by Gasteiger charge is 2.17. The monoisotopic (exact) mass is 309 g/mol. The fraction of sp³-hybridized carbons (Fsp3) is 0.533. The van der Waals surface area contributed by atoms with E-state index in [0.717, 1.165) is 6.42 Å². The van der Waals surface area contributed by atoms with Crippen molar-refractivity contribution < 1.29 is 14.5 Å². The molecule has 0 spiro atoms. The fourth-order valence-corrected chi connectivity index (χ4v) is 1.95. The first-order valence-corrected chi connectivity index (χ1v) is 7.37.